The number of thiazole rings is 1. The number of aryl methyl sites for hydroxylation is 1. The molecule has 0 spiro atoms. The summed E-state index contributed by atoms with van der Waals surface area (Å²) in [5.74, 6) is 0. The highest BCUT2D eigenvalue weighted by Crippen LogP contribution is 2.29. The van der Waals surface area contributed by atoms with Crippen molar-refractivity contribution in [3.63, 3.8) is 0 Å². The van der Waals surface area contributed by atoms with E-state index in [0.717, 1.165) is 41.4 Å². The third-order valence-electron chi connectivity index (χ3n) is 3.24. The van der Waals surface area contributed by atoms with Crippen LogP contribution in [0.4, 0.5) is 13.2 Å². The van der Waals surface area contributed by atoms with Crippen molar-refractivity contribution in [3.8, 4) is 0 Å². The molecule has 0 aliphatic rings. The Kier molecular flexibility index (Phi) is 5.00. The van der Waals surface area contributed by atoms with Crippen molar-refractivity contribution in [2.75, 3.05) is 6.54 Å². The minimum absolute atomic E-state index is 0.00650. The molecule has 1 aromatic heterocycles. The van der Waals surface area contributed by atoms with Crippen LogP contribution in [-0.2, 0) is 12.6 Å². The first kappa shape index (κ1) is 16.0. The fourth-order valence-corrected chi connectivity index (χ4v) is 2.67. The molecule has 2 aromatic rings. The van der Waals surface area contributed by atoms with E-state index in [4.69, 9.17) is 0 Å². The first-order valence-electron chi connectivity index (χ1n) is 6.68. The van der Waals surface area contributed by atoms with Gasteiger partial charge in [-0.1, -0.05) is 12.1 Å². The van der Waals surface area contributed by atoms with Gasteiger partial charge < -0.3 is 5.32 Å². The minimum Gasteiger partial charge on any atom is -0.310 e. The Morgan fingerprint density at radius 1 is 1.24 bits per heavy atom. The van der Waals surface area contributed by atoms with Gasteiger partial charge in [0, 0.05) is 24.4 Å². The Balaban J connectivity index is 1.87. The maximum absolute atomic E-state index is 12.5. The highest BCUT2D eigenvalue weighted by molar-refractivity contribution is 7.09. The molecule has 0 fully saturated rings. The predicted molar refractivity (Wildman–Crippen MR) is 78.4 cm³/mol. The molecule has 21 heavy (non-hydrogen) atoms. The Morgan fingerprint density at radius 2 is 1.90 bits per heavy atom. The first-order chi connectivity index (χ1) is 9.86. The SMILES string of the molecule is Cc1nc(CCNC(C)c2ccc(C(F)(F)F)cc2)cs1. The van der Waals surface area contributed by atoms with E-state index in [1.54, 1.807) is 11.3 Å². The first-order valence-corrected chi connectivity index (χ1v) is 7.56. The van der Waals surface area contributed by atoms with Gasteiger partial charge in [-0.15, -0.1) is 11.3 Å². The highest BCUT2D eigenvalue weighted by atomic mass is 32.1. The molecular weight excluding hydrogens is 297 g/mol. The van der Waals surface area contributed by atoms with Gasteiger partial charge in [0.2, 0.25) is 0 Å². The Bertz CT molecular complexity index is 575. The maximum atomic E-state index is 12.5. The summed E-state index contributed by atoms with van der Waals surface area (Å²) in [7, 11) is 0. The zero-order valence-corrected chi connectivity index (χ0v) is 12.7. The molecule has 1 unspecified atom stereocenters. The van der Waals surface area contributed by atoms with Gasteiger partial charge in [-0.2, -0.15) is 13.2 Å². The smallest absolute Gasteiger partial charge is 0.310 e. The van der Waals surface area contributed by atoms with Gasteiger partial charge in [0.05, 0.1) is 16.3 Å². The number of rotatable bonds is 5. The van der Waals surface area contributed by atoms with Gasteiger partial charge in [-0.3, -0.25) is 0 Å². The number of alkyl halides is 3. The van der Waals surface area contributed by atoms with Crippen LogP contribution in [0, 0.1) is 6.92 Å². The van der Waals surface area contributed by atoms with E-state index in [1.807, 2.05) is 19.2 Å². The number of nitrogens with one attached hydrogen (secondary N) is 1. The minimum atomic E-state index is -4.28. The van der Waals surface area contributed by atoms with Gasteiger partial charge in [-0.25, -0.2) is 4.98 Å². The van der Waals surface area contributed by atoms with Gasteiger partial charge >= 0.3 is 6.18 Å². The number of nitrogens with zero attached hydrogens (tertiary/aromatic N) is 1. The second kappa shape index (κ2) is 6.58. The van der Waals surface area contributed by atoms with Crippen molar-refractivity contribution in [3.05, 3.63) is 51.5 Å². The Morgan fingerprint density at radius 3 is 2.43 bits per heavy atom. The zero-order valence-electron chi connectivity index (χ0n) is 11.9. The van der Waals surface area contributed by atoms with Crippen LogP contribution < -0.4 is 5.32 Å². The lowest BCUT2D eigenvalue weighted by Crippen LogP contribution is -2.21. The van der Waals surface area contributed by atoms with E-state index in [-0.39, 0.29) is 6.04 Å². The lowest BCUT2D eigenvalue weighted by Gasteiger charge is -2.15. The topological polar surface area (TPSA) is 24.9 Å². The van der Waals surface area contributed by atoms with Crippen LogP contribution >= 0.6 is 11.3 Å². The van der Waals surface area contributed by atoms with Crippen LogP contribution in [0.5, 0.6) is 0 Å². The molecule has 2 rings (SSSR count). The summed E-state index contributed by atoms with van der Waals surface area (Å²) >= 11 is 1.62. The number of aromatic nitrogens is 1. The molecule has 0 aliphatic heterocycles. The standard InChI is InChI=1S/C15H17F3N2S/c1-10(19-8-7-14-9-21-11(2)20-14)12-3-5-13(6-4-12)15(16,17)18/h3-6,9-10,19H,7-8H2,1-2H3. The van der Waals surface area contributed by atoms with E-state index in [9.17, 15) is 13.2 Å². The van der Waals surface area contributed by atoms with E-state index in [0.29, 0.717) is 0 Å². The highest BCUT2D eigenvalue weighted by Gasteiger charge is 2.30. The van der Waals surface area contributed by atoms with E-state index in [1.165, 1.54) is 12.1 Å². The van der Waals surface area contributed by atoms with Crippen LogP contribution in [0.3, 0.4) is 0 Å². The molecule has 1 heterocycles. The molecule has 0 bridgehead atoms. The van der Waals surface area contributed by atoms with Gasteiger partial charge in [0.1, 0.15) is 0 Å². The molecule has 1 N–H and O–H groups in total. The quantitative estimate of drug-likeness (QED) is 0.887. The molecular formula is C15H17F3N2S. The summed E-state index contributed by atoms with van der Waals surface area (Å²) in [5, 5.41) is 6.37. The van der Waals surface area contributed by atoms with Crippen LogP contribution in [0.2, 0.25) is 0 Å². The van der Waals surface area contributed by atoms with Crippen molar-refractivity contribution in [2.24, 2.45) is 0 Å². The maximum Gasteiger partial charge on any atom is 0.416 e. The molecule has 2 nitrogen and oxygen atoms in total. The summed E-state index contributed by atoms with van der Waals surface area (Å²) in [4.78, 5) is 4.37. The normalized spacial score (nSPS) is 13.4. The van der Waals surface area contributed by atoms with Crippen molar-refractivity contribution in [2.45, 2.75) is 32.5 Å². The summed E-state index contributed by atoms with van der Waals surface area (Å²) in [6.07, 6.45) is -3.47. The van der Waals surface area contributed by atoms with E-state index in [2.05, 4.69) is 10.3 Å². The van der Waals surface area contributed by atoms with Gasteiger partial charge in [0.25, 0.3) is 0 Å². The molecule has 0 radical (unpaired) electrons. The predicted octanol–water partition coefficient (Wildman–Crippen LogP) is 4.36. The lowest BCUT2D eigenvalue weighted by atomic mass is 10.1. The second-order valence-electron chi connectivity index (χ2n) is 4.90. The summed E-state index contributed by atoms with van der Waals surface area (Å²) < 4.78 is 37.5. The van der Waals surface area contributed by atoms with Crippen LogP contribution in [0.25, 0.3) is 0 Å². The second-order valence-corrected chi connectivity index (χ2v) is 5.97. The van der Waals surface area contributed by atoms with Gasteiger partial charge in [-0.05, 0) is 31.5 Å². The van der Waals surface area contributed by atoms with Crippen LogP contribution in [-0.4, -0.2) is 11.5 Å². The average Bonchev–Trinajstić information content (AvgIpc) is 2.83. The molecule has 0 saturated heterocycles. The monoisotopic (exact) mass is 314 g/mol. The fraction of sp³-hybridized carbons (Fsp3) is 0.400. The largest absolute Gasteiger partial charge is 0.416 e. The zero-order chi connectivity index (χ0) is 15.5. The van der Waals surface area contributed by atoms with Crippen molar-refractivity contribution < 1.29 is 13.2 Å². The molecule has 6 heteroatoms. The molecule has 114 valence electrons. The molecule has 0 aliphatic carbocycles. The van der Waals surface area contributed by atoms with Crippen molar-refractivity contribution in [1.82, 2.24) is 10.3 Å². The summed E-state index contributed by atoms with van der Waals surface area (Å²) in [6, 6.07) is 5.29. The van der Waals surface area contributed by atoms with Crippen LogP contribution in [0.1, 0.15) is 34.8 Å². The van der Waals surface area contributed by atoms with Crippen molar-refractivity contribution >= 4 is 11.3 Å². The van der Waals surface area contributed by atoms with E-state index >= 15 is 0 Å². The van der Waals surface area contributed by atoms with Crippen LogP contribution in [0.15, 0.2) is 29.6 Å². The van der Waals surface area contributed by atoms with Gasteiger partial charge in [0.15, 0.2) is 0 Å². The number of hydrogen-bond acceptors (Lipinski definition) is 3. The summed E-state index contributed by atoms with van der Waals surface area (Å²) in [5.41, 5.74) is 1.28. The number of benzene rings is 1. The molecule has 1 atom stereocenters. The number of halogens is 3. The molecule has 0 amide bonds. The Labute approximate surface area is 126 Å². The molecule has 1 aromatic carbocycles. The molecule has 0 saturated carbocycles. The lowest BCUT2D eigenvalue weighted by molar-refractivity contribution is -0.137. The third kappa shape index (κ3) is 4.54. The van der Waals surface area contributed by atoms with Crippen molar-refractivity contribution in [1.29, 1.82) is 0 Å². The Hall–Kier alpha value is -1.40. The van der Waals surface area contributed by atoms with E-state index < -0.39 is 11.7 Å². The fourth-order valence-electron chi connectivity index (χ4n) is 2.02. The number of hydrogen-bond donors (Lipinski definition) is 1. The summed E-state index contributed by atoms with van der Waals surface area (Å²) in [6.45, 7) is 4.65. The third-order valence-corrected chi connectivity index (χ3v) is 4.06. The average molecular weight is 314 g/mol.